The van der Waals surface area contributed by atoms with Gasteiger partial charge in [-0.25, -0.2) is 0 Å². The zero-order chi connectivity index (χ0) is 15.3. The molecule has 0 aliphatic carbocycles. The largest absolute Gasteiger partial charge is 0.491 e. The number of aliphatic hydroxyl groups is 1. The van der Waals surface area contributed by atoms with E-state index in [0.29, 0.717) is 5.75 Å². The molecule has 1 unspecified atom stereocenters. The highest BCUT2D eigenvalue weighted by Gasteiger charge is 2.27. The summed E-state index contributed by atoms with van der Waals surface area (Å²) in [5, 5.41) is 11.5. The second kappa shape index (κ2) is 6.78. The summed E-state index contributed by atoms with van der Waals surface area (Å²) in [6.45, 7) is -1.93. The molecule has 0 aromatic heterocycles. The highest BCUT2D eigenvalue weighted by atomic mass is 19.4. The van der Waals surface area contributed by atoms with Crippen molar-refractivity contribution < 1.29 is 27.8 Å². The van der Waals surface area contributed by atoms with Gasteiger partial charge in [0, 0.05) is 0 Å². The molecule has 6 heteroatoms. The highest BCUT2D eigenvalue weighted by Crippen LogP contribution is 2.20. The van der Waals surface area contributed by atoms with Gasteiger partial charge in [0.15, 0.2) is 0 Å². The van der Waals surface area contributed by atoms with Crippen LogP contribution in [0.2, 0.25) is 0 Å². The Bertz CT molecular complexity index is 584. The van der Waals surface area contributed by atoms with Crippen LogP contribution in [0.4, 0.5) is 13.2 Å². The topological polar surface area (TPSA) is 38.7 Å². The molecule has 2 rings (SSSR count). The van der Waals surface area contributed by atoms with E-state index in [-0.39, 0.29) is 6.61 Å². The Hall–Kier alpha value is -1.79. The van der Waals surface area contributed by atoms with Crippen LogP contribution >= 0.6 is 0 Å². The summed E-state index contributed by atoms with van der Waals surface area (Å²) >= 11 is 0. The Morgan fingerprint density at radius 2 is 1.71 bits per heavy atom. The number of alkyl halides is 3. The number of fused-ring (bicyclic) bond motifs is 1. The van der Waals surface area contributed by atoms with Crippen molar-refractivity contribution in [1.29, 1.82) is 0 Å². The molecule has 0 aliphatic rings. The minimum absolute atomic E-state index is 0.129. The molecule has 21 heavy (non-hydrogen) atoms. The van der Waals surface area contributed by atoms with Gasteiger partial charge in [0.05, 0.1) is 6.61 Å². The van der Waals surface area contributed by atoms with Crippen molar-refractivity contribution in [3.63, 3.8) is 0 Å². The van der Waals surface area contributed by atoms with Crippen LogP contribution in [0.15, 0.2) is 42.5 Å². The van der Waals surface area contributed by atoms with Crippen LogP contribution < -0.4 is 4.74 Å². The quantitative estimate of drug-likeness (QED) is 0.890. The number of hydrogen-bond acceptors (Lipinski definition) is 3. The summed E-state index contributed by atoms with van der Waals surface area (Å²) in [6.07, 6.45) is -5.50. The van der Waals surface area contributed by atoms with Gasteiger partial charge in [0.1, 0.15) is 25.1 Å². The number of ether oxygens (including phenoxy) is 2. The van der Waals surface area contributed by atoms with Crippen LogP contribution in [0.1, 0.15) is 0 Å². The van der Waals surface area contributed by atoms with Crippen LogP contribution in [0.25, 0.3) is 10.8 Å². The maximum absolute atomic E-state index is 11.9. The highest BCUT2D eigenvalue weighted by molar-refractivity contribution is 5.83. The Morgan fingerprint density at radius 3 is 2.43 bits per heavy atom. The number of halogens is 3. The summed E-state index contributed by atoms with van der Waals surface area (Å²) in [4.78, 5) is 0. The summed E-state index contributed by atoms with van der Waals surface area (Å²) in [7, 11) is 0. The molecule has 0 amide bonds. The van der Waals surface area contributed by atoms with Crippen LogP contribution in [-0.2, 0) is 4.74 Å². The van der Waals surface area contributed by atoms with Gasteiger partial charge in [-0.3, -0.25) is 0 Å². The number of benzene rings is 2. The second-order valence-electron chi connectivity index (χ2n) is 4.60. The van der Waals surface area contributed by atoms with Gasteiger partial charge in [-0.05, 0) is 22.9 Å². The lowest BCUT2D eigenvalue weighted by Crippen LogP contribution is -2.27. The van der Waals surface area contributed by atoms with Crippen molar-refractivity contribution >= 4 is 10.8 Å². The molecule has 114 valence electrons. The van der Waals surface area contributed by atoms with Crippen molar-refractivity contribution in [2.75, 3.05) is 19.8 Å². The van der Waals surface area contributed by atoms with E-state index in [4.69, 9.17) is 4.74 Å². The Kier molecular flexibility index (Phi) is 5.03. The molecule has 0 bridgehead atoms. The molecule has 0 saturated heterocycles. The molecule has 0 spiro atoms. The van der Waals surface area contributed by atoms with Crippen LogP contribution in [0, 0.1) is 0 Å². The Labute approximate surface area is 119 Å². The molecular formula is C15H15F3O3. The van der Waals surface area contributed by atoms with Crippen molar-refractivity contribution in [2.45, 2.75) is 12.3 Å². The maximum atomic E-state index is 11.9. The first-order valence-electron chi connectivity index (χ1n) is 6.38. The maximum Gasteiger partial charge on any atom is 0.411 e. The lowest BCUT2D eigenvalue weighted by Gasteiger charge is -2.14. The fourth-order valence-electron chi connectivity index (χ4n) is 1.81. The van der Waals surface area contributed by atoms with Gasteiger partial charge >= 0.3 is 6.18 Å². The SMILES string of the molecule is OC(COCC(F)(F)F)COc1ccc2ccccc2c1. The minimum atomic E-state index is -4.39. The fraction of sp³-hybridized carbons (Fsp3) is 0.333. The van der Waals surface area contributed by atoms with Gasteiger partial charge in [0.25, 0.3) is 0 Å². The van der Waals surface area contributed by atoms with E-state index < -0.39 is 25.5 Å². The molecule has 0 heterocycles. The first-order chi connectivity index (χ1) is 9.94. The van der Waals surface area contributed by atoms with Crippen LogP contribution in [0.3, 0.4) is 0 Å². The van der Waals surface area contributed by atoms with Crippen molar-refractivity contribution in [3.8, 4) is 5.75 Å². The summed E-state index contributed by atoms with van der Waals surface area (Å²) in [5.74, 6) is 0.545. The molecule has 0 radical (unpaired) electrons. The zero-order valence-corrected chi connectivity index (χ0v) is 11.1. The lowest BCUT2D eigenvalue weighted by molar-refractivity contribution is -0.179. The van der Waals surface area contributed by atoms with Gasteiger partial charge in [0.2, 0.25) is 0 Å². The first kappa shape index (κ1) is 15.6. The number of hydrogen-bond donors (Lipinski definition) is 1. The first-order valence-corrected chi connectivity index (χ1v) is 6.38. The van der Waals surface area contributed by atoms with Crippen molar-refractivity contribution in [1.82, 2.24) is 0 Å². The Balaban J connectivity index is 1.81. The summed E-state index contributed by atoms with van der Waals surface area (Å²) < 4.78 is 45.3. The molecule has 0 aliphatic heterocycles. The molecule has 1 N–H and O–H groups in total. The van der Waals surface area contributed by atoms with E-state index in [1.54, 1.807) is 12.1 Å². The monoisotopic (exact) mass is 300 g/mol. The minimum Gasteiger partial charge on any atom is -0.491 e. The van der Waals surface area contributed by atoms with E-state index >= 15 is 0 Å². The number of aliphatic hydroxyl groups excluding tert-OH is 1. The van der Waals surface area contributed by atoms with E-state index in [2.05, 4.69) is 4.74 Å². The molecule has 0 saturated carbocycles. The third-order valence-electron chi connectivity index (χ3n) is 2.74. The normalized spacial score (nSPS) is 13.3. The summed E-state index contributed by atoms with van der Waals surface area (Å²) in [5.41, 5.74) is 0. The molecule has 2 aromatic carbocycles. The molecule has 0 fully saturated rings. The van der Waals surface area contributed by atoms with Crippen molar-refractivity contribution in [3.05, 3.63) is 42.5 Å². The van der Waals surface area contributed by atoms with Crippen LogP contribution in [0.5, 0.6) is 5.75 Å². The molecule has 2 aromatic rings. The van der Waals surface area contributed by atoms with Crippen LogP contribution in [-0.4, -0.2) is 37.2 Å². The summed E-state index contributed by atoms with van der Waals surface area (Å²) in [6, 6.07) is 13.1. The third-order valence-corrected chi connectivity index (χ3v) is 2.74. The van der Waals surface area contributed by atoms with Gasteiger partial charge in [-0.1, -0.05) is 30.3 Å². The Morgan fingerprint density at radius 1 is 1.00 bits per heavy atom. The zero-order valence-electron chi connectivity index (χ0n) is 11.1. The fourth-order valence-corrected chi connectivity index (χ4v) is 1.81. The molecule has 1 atom stereocenters. The smallest absolute Gasteiger partial charge is 0.411 e. The average molecular weight is 300 g/mol. The third kappa shape index (κ3) is 5.24. The van der Waals surface area contributed by atoms with E-state index in [1.807, 2.05) is 30.3 Å². The molecule has 3 nitrogen and oxygen atoms in total. The number of rotatable bonds is 6. The predicted octanol–water partition coefficient (Wildman–Crippen LogP) is 3.16. The lowest BCUT2D eigenvalue weighted by atomic mass is 10.1. The predicted molar refractivity (Wildman–Crippen MR) is 72.3 cm³/mol. The second-order valence-corrected chi connectivity index (χ2v) is 4.60. The van der Waals surface area contributed by atoms with E-state index in [0.717, 1.165) is 10.8 Å². The van der Waals surface area contributed by atoms with Gasteiger partial charge in [-0.2, -0.15) is 13.2 Å². The molecular weight excluding hydrogens is 285 g/mol. The van der Waals surface area contributed by atoms with E-state index in [9.17, 15) is 18.3 Å². The standard InChI is InChI=1S/C15H15F3O3/c16-15(17,18)10-20-8-13(19)9-21-14-6-5-11-3-1-2-4-12(11)7-14/h1-7,13,19H,8-10H2. The van der Waals surface area contributed by atoms with Gasteiger partial charge in [-0.15, -0.1) is 0 Å². The van der Waals surface area contributed by atoms with Gasteiger partial charge < -0.3 is 14.6 Å². The van der Waals surface area contributed by atoms with E-state index in [1.165, 1.54) is 0 Å². The average Bonchev–Trinajstić information content (AvgIpc) is 2.43. The van der Waals surface area contributed by atoms with Crippen molar-refractivity contribution in [2.24, 2.45) is 0 Å².